The van der Waals surface area contributed by atoms with Crippen molar-refractivity contribution in [3.63, 3.8) is 0 Å². The molecule has 0 saturated carbocycles. The second-order valence-corrected chi connectivity index (χ2v) is 7.91. The molecule has 150 valence electrons. The molecule has 0 amide bonds. The summed E-state index contributed by atoms with van der Waals surface area (Å²) in [6.07, 6.45) is 6.38. The van der Waals surface area contributed by atoms with Gasteiger partial charge in [0, 0.05) is 5.41 Å². The summed E-state index contributed by atoms with van der Waals surface area (Å²) in [6.45, 7) is 9.11. The van der Waals surface area contributed by atoms with E-state index in [4.69, 9.17) is 4.74 Å². The predicted molar refractivity (Wildman–Crippen MR) is 124 cm³/mol. The van der Waals surface area contributed by atoms with Crippen molar-refractivity contribution >= 4 is 0 Å². The fourth-order valence-corrected chi connectivity index (χ4v) is 3.85. The SMILES string of the molecule is C=CC(C)(CCCc1cccc(Cc2ccccc2)c1)c1ccc(OCC)cc1. The van der Waals surface area contributed by atoms with Crippen LogP contribution >= 0.6 is 0 Å². The highest BCUT2D eigenvalue weighted by Crippen LogP contribution is 2.32. The van der Waals surface area contributed by atoms with Crippen molar-refractivity contribution in [2.45, 2.75) is 44.9 Å². The summed E-state index contributed by atoms with van der Waals surface area (Å²) in [5, 5.41) is 0. The van der Waals surface area contributed by atoms with E-state index in [1.807, 2.05) is 6.92 Å². The largest absolute Gasteiger partial charge is 0.494 e. The average Bonchev–Trinajstić information content (AvgIpc) is 2.75. The number of benzene rings is 3. The lowest BCUT2D eigenvalue weighted by Crippen LogP contribution is -2.18. The van der Waals surface area contributed by atoms with Crippen LogP contribution in [0.25, 0.3) is 0 Å². The lowest BCUT2D eigenvalue weighted by molar-refractivity contribution is 0.340. The van der Waals surface area contributed by atoms with Gasteiger partial charge in [0.2, 0.25) is 0 Å². The van der Waals surface area contributed by atoms with Gasteiger partial charge in [0.05, 0.1) is 6.61 Å². The highest BCUT2D eigenvalue weighted by atomic mass is 16.5. The van der Waals surface area contributed by atoms with Gasteiger partial charge >= 0.3 is 0 Å². The van der Waals surface area contributed by atoms with Gasteiger partial charge < -0.3 is 4.74 Å². The number of hydrogen-bond acceptors (Lipinski definition) is 1. The van der Waals surface area contributed by atoms with Crippen LogP contribution in [0.4, 0.5) is 0 Å². The molecule has 0 aliphatic heterocycles. The van der Waals surface area contributed by atoms with E-state index < -0.39 is 0 Å². The minimum atomic E-state index is -0.0214. The number of rotatable bonds is 10. The molecule has 0 heterocycles. The molecule has 3 rings (SSSR count). The second-order valence-electron chi connectivity index (χ2n) is 7.91. The van der Waals surface area contributed by atoms with Crippen LogP contribution in [0.2, 0.25) is 0 Å². The Bertz CT molecular complexity index is 895. The van der Waals surface area contributed by atoms with Gasteiger partial charge in [-0.2, -0.15) is 0 Å². The normalized spacial score (nSPS) is 12.9. The smallest absolute Gasteiger partial charge is 0.119 e. The zero-order chi connectivity index (χ0) is 20.5. The molecule has 0 radical (unpaired) electrons. The summed E-state index contributed by atoms with van der Waals surface area (Å²) < 4.78 is 5.57. The Morgan fingerprint density at radius 3 is 2.24 bits per heavy atom. The maximum absolute atomic E-state index is 5.57. The molecule has 0 aliphatic carbocycles. The number of aryl methyl sites for hydroxylation is 1. The van der Waals surface area contributed by atoms with Crippen LogP contribution in [0, 0.1) is 0 Å². The first kappa shape index (κ1) is 20.9. The van der Waals surface area contributed by atoms with Crippen LogP contribution in [0.15, 0.2) is 91.5 Å². The van der Waals surface area contributed by atoms with Crippen molar-refractivity contribution in [2.24, 2.45) is 0 Å². The minimum Gasteiger partial charge on any atom is -0.494 e. The second kappa shape index (κ2) is 10.1. The summed E-state index contributed by atoms with van der Waals surface area (Å²) in [4.78, 5) is 0. The Balaban J connectivity index is 1.60. The molecule has 3 aromatic rings. The fraction of sp³-hybridized carbons (Fsp3) is 0.286. The quantitative estimate of drug-likeness (QED) is 0.337. The van der Waals surface area contributed by atoms with Crippen molar-refractivity contribution < 1.29 is 4.74 Å². The zero-order valence-corrected chi connectivity index (χ0v) is 17.7. The van der Waals surface area contributed by atoms with Crippen LogP contribution in [-0.4, -0.2) is 6.61 Å². The van der Waals surface area contributed by atoms with Crippen LogP contribution < -0.4 is 4.74 Å². The summed E-state index contributed by atoms with van der Waals surface area (Å²) in [6, 6.07) is 28.2. The first-order valence-corrected chi connectivity index (χ1v) is 10.6. The van der Waals surface area contributed by atoms with Crippen molar-refractivity contribution in [1.82, 2.24) is 0 Å². The van der Waals surface area contributed by atoms with E-state index >= 15 is 0 Å². The third kappa shape index (κ3) is 5.84. The topological polar surface area (TPSA) is 9.23 Å². The maximum Gasteiger partial charge on any atom is 0.119 e. The van der Waals surface area contributed by atoms with E-state index in [1.54, 1.807) is 0 Å². The number of hydrogen-bond donors (Lipinski definition) is 0. The minimum absolute atomic E-state index is 0.0214. The van der Waals surface area contributed by atoms with Crippen LogP contribution in [0.5, 0.6) is 5.75 Å². The molecule has 0 aliphatic rings. The molecular formula is C28H32O. The average molecular weight is 385 g/mol. The molecule has 0 saturated heterocycles. The molecule has 0 spiro atoms. The summed E-state index contributed by atoms with van der Waals surface area (Å²) >= 11 is 0. The number of allylic oxidation sites excluding steroid dienone is 1. The first-order valence-electron chi connectivity index (χ1n) is 10.6. The van der Waals surface area contributed by atoms with E-state index in [-0.39, 0.29) is 5.41 Å². The predicted octanol–water partition coefficient (Wildman–Crippen LogP) is 7.14. The van der Waals surface area contributed by atoms with Crippen molar-refractivity contribution in [2.75, 3.05) is 6.61 Å². The molecule has 1 heteroatoms. The van der Waals surface area contributed by atoms with Crippen LogP contribution in [0.3, 0.4) is 0 Å². The van der Waals surface area contributed by atoms with Gasteiger partial charge in [0.1, 0.15) is 5.75 Å². The van der Waals surface area contributed by atoms with E-state index in [1.165, 1.54) is 22.3 Å². The Kier molecular flexibility index (Phi) is 7.30. The lowest BCUT2D eigenvalue weighted by atomic mass is 9.78. The maximum atomic E-state index is 5.57. The molecule has 0 N–H and O–H groups in total. The highest BCUT2D eigenvalue weighted by molar-refractivity contribution is 5.35. The van der Waals surface area contributed by atoms with Gasteiger partial charge in [-0.25, -0.2) is 0 Å². The van der Waals surface area contributed by atoms with Crippen LogP contribution in [-0.2, 0) is 18.3 Å². The molecular weight excluding hydrogens is 352 g/mol. The van der Waals surface area contributed by atoms with E-state index in [9.17, 15) is 0 Å². The Hall–Kier alpha value is -2.80. The molecule has 0 bridgehead atoms. The van der Waals surface area contributed by atoms with Crippen molar-refractivity contribution in [3.05, 3.63) is 114 Å². The molecule has 1 unspecified atom stereocenters. The molecule has 0 aromatic heterocycles. The standard InChI is InChI=1S/C28H32O/c1-4-28(3,26-16-18-27(19-17-26)29-5-2)20-10-15-24-13-9-14-25(22-24)21-23-11-7-6-8-12-23/h4,6-9,11-14,16-19,22H,1,5,10,15,20-21H2,2-3H3. The third-order valence-electron chi connectivity index (χ3n) is 5.68. The number of ether oxygens (including phenoxy) is 1. The Morgan fingerprint density at radius 1 is 0.862 bits per heavy atom. The van der Waals surface area contributed by atoms with Gasteiger partial charge in [-0.1, -0.05) is 79.7 Å². The van der Waals surface area contributed by atoms with Gasteiger partial charge in [0.25, 0.3) is 0 Å². The summed E-state index contributed by atoms with van der Waals surface area (Å²) in [5.74, 6) is 0.929. The molecule has 29 heavy (non-hydrogen) atoms. The summed E-state index contributed by atoms with van der Waals surface area (Å²) in [5.41, 5.74) is 5.43. The van der Waals surface area contributed by atoms with Crippen LogP contribution in [0.1, 0.15) is 48.9 Å². The molecule has 1 atom stereocenters. The molecule has 0 fully saturated rings. The van der Waals surface area contributed by atoms with Crippen molar-refractivity contribution in [3.8, 4) is 5.75 Å². The van der Waals surface area contributed by atoms with E-state index in [0.29, 0.717) is 6.61 Å². The first-order chi connectivity index (χ1) is 14.1. The van der Waals surface area contributed by atoms with Gasteiger partial charge in [-0.05, 0) is 67.0 Å². The van der Waals surface area contributed by atoms with Gasteiger partial charge in [0.15, 0.2) is 0 Å². The Labute approximate surface area is 176 Å². The highest BCUT2D eigenvalue weighted by Gasteiger charge is 2.22. The third-order valence-corrected chi connectivity index (χ3v) is 5.68. The Morgan fingerprint density at radius 2 is 1.55 bits per heavy atom. The van der Waals surface area contributed by atoms with Gasteiger partial charge in [-0.15, -0.1) is 6.58 Å². The van der Waals surface area contributed by atoms with Crippen molar-refractivity contribution in [1.29, 1.82) is 0 Å². The molecule has 3 aromatic carbocycles. The summed E-state index contributed by atoms with van der Waals surface area (Å²) in [7, 11) is 0. The zero-order valence-electron chi connectivity index (χ0n) is 17.7. The fourth-order valence-electron chi connectivity index (χ4n) is 3.85. The monoisotopic (exact) mass is 384 g/mol. The van der Waals surface area contributed by atoms with E-state index in [2.05, 4.69) is 98.4 Å². The molecule has 1 nitrogen and oxygen atoms in total. The lowest BCUT2D eigenvalue weighted by Gasteiger charge is -2.27. The van der Waals surface area contributed by atoms with E-state index in [0.717, 1.165) is 31.4 Å². The van der Waals surface area contributed by atoms with Gasteiger partial charge in [-0.3, -0.25) is 0 Å².